The number of nitrogens with one attached hydrogen (secondary N) is 3. The van der Waals surface area contributed by atoms with Gasteiger partial charge >= 0.3 is 0 Å². The molecule has 0 radical (unpaired) electrons. The molecule has 0 amide bonds. The normalized spacial score (nSPS) is 17.3. The molecular formula is C24H32N6. The Morgan fingerprint density at radius 2 is 0.867 bits per heavy atom. The Morgan fingerprint density at radius 3 is 1.37 bits per heavy atom. The van der Waals surface area contributed by atoms with Crippen molar-refractivity contribution in [1.82, 2.24) is 16.0 Å². The summed E-state index contributed by atoms with van der Waals surface area (Å²) >= 11 is 0. The minimum atomic E-state index is 0.759. The molecule has 4 aliphatic rings. The van der Waals surface area contributed by atoms with Gasteiger partial charge in [-0.15, -0.1) is 0 Å². The lowest BCUT2D eigenvalue weighted by atomic mass is 10.1. The van der Waals surface area contributed by atoms with Gasteiger partial charge in [0.15, 0.2) is 0 Å². The van der Waals surface area contributed by atoms with E-state index in [1.807, 2.05) is 18.6 Å². The highest BCUT2D eigenvalue weighted by atomic mass is 14.9. The van der Waals surface area contributed by atoms with Crippen LogP contribution in [0.3, 0.4) is 0 Å². The Kier molecular flexibility index (Phi) is 9.94. The van der Waals surface area contributed by atoms with Crippen LogP contribution in [0.4, 0.5) is 0 Å². The van der Waals surface area contributed by atoms with Crippen LogP contribution in [0.25, 0.3) is 0 Å². The first-order valence-electron chi connectivity index (χ1n) is 10.7. The van der Waals surface area contributed by atoms with Crippen LogP contribution in [0.1, 0.15) is 22.3 Å². The lowest BCUT2D eigenvalue weighted by Crippen LogP contribution is -2.28. The molecule has 0 unspecified atom stereocenters. The van der Waals surface area contributed by atoms with Crippen molar-refractivity contribution in [2.45, 2.75) is 6.54 Å². The summed E-state index contributed by atoms with van der Waals surface area (Å²) in [4.78, 5) is 13.5. The van der Waals surface area contributed by atoms with Gasteiger partial charge in [0.25, 0.3) is 0 Å². The molecule has 30 heavy (non-hydrogen) atoms. The standard InChI is InChI=1S/C24H32N6/c1-2-22-4-3-21(1)17-27-13-9-25-11-15-29-19-23-5-7-24(8-6-23)20-30-16-12-26-10-14-28-18-22/h1-8,17-19,25-26,30H,9-16,20H2. The number of hydrogen-bond acceptors (Lipinski definition) is 6. The van der Waals surface area contributed by atoms with Crippen LogP contribution in [0.2, 0.25) is 0 Å². The average molecular weight is 405 g/mol. The number of aliphatic imine (C=N–C) groups is 3. The lowest BCUT2D eigenvalue weighted by Gasteiger charge is -2.06. The Labute approximate surface area is 179 Å². The molecule has 4 aliphatic heterocycles. The maximum absolute atomic E-state index is 4.49. The Balaban J connectivity index is 1.51. The van der Waals surface area contributed by atoms with Crippen LogP contribution >= 0.6 is 0 Å². The zero-order chi connectivity index (χ0) is 20.7. The van der Waals surface area contributed by atoms with E-state index in [-0.39, 0.29) is 0 Å². The predicted molar refractivity (Wildman–Crippen MR) is 128 cm³/mol. The summed E-state index contributed by atoms with van der Waals surface area (Å²) < 4.78 is 0. The summed E-state index contributed by atoms with van der Waals surface area (Å²) in [5.74, 6) is 0. The van der Waals surface area contributed by atoms with E-state index in [0.29, 0.717) is 0 Å². The second kappa shape index (κ2) is 13.5. The second-order valence-corrected chi connectivity index (χ2v) is 7.19. The minimum absolute atomic E-state index is 0.759. The van der Waals surface area contributed by atoms with Gasteiger partial charge in [-0.2, -0.15) is 0 Å². The second-order valence-electron chi connectivity index (χ2n) is 7.19. The molecule has 2 aromatic rings. The molecule has 0 aliphatic carbocycles. The van der Waals surface area contributed by atoms with E-state index in [0.717, 1.165) is 75.6 Å². The van der Waals surface area contributed by atoms with Crippen LogP contribution in [0.5, 0.6) is 0 Å². The molecule has 3 N–H and O–H groups in total. The highest BCUT2D eigenvalue weighted by Gasteiger charge is 1.95. The summed E-state index contributed by atoms with van der Waals surface area (Å²) in [5, 5.41) is 10.3. The predicted octanol–water partition coefficient (Wildman–Crippen LogP) is 1.93. The Morgan fingerprint density at radius 1 is 0.467 bits per heavy atom. The van der Waals surface area contributed by atoms with E-state index in [4.69, 9.17) is 0 Å². The van der Waals surface area contributed by atoms with Crippen LogP contribution in [-0.4, -0.2) is 71.0 Å². The fraction of sp³-hybridized carbons (Fsp3) is 0.375. The monoisotopic (exact) mass is 404 g/mol. The smallest absolute Gasteiger partial charge is 0.0514 e. The third kappa shape index (κ3) is 8.78. The topological polar surface area (TPSA) is 73.2 Å². The number of rotatable bonds is 0. The van der Waals surface area contributed by atoms with Crippen LogP contribution in [0, 0.1) is 0 Å². The molecule has 4 heterocycles. The van der Waals surface area contributed by atoms with E-state index in [1.165, 1.54) is 5.56 Å². The van der Waals surface area contributed by atoms with Gasteiger partial charge in [-0.25, -0.2) is 0 Å². The van der Waals surface area contributed by atoms with E-state index >= 15 is 0 Å². The largest absolute Gasteiger partial charge is 0.314 e. The average Bonchev–Trinajstić information content (AvgIpc) is 2.78. The molecule has 6 rings (SSSR count). The van der Waals surface area contributed by atoms with Crippen molar-refractivity contribution >= 4 is 18.6 Å². The van der Waals surface area contributed by atoms with E-state index in [1.54, 1.807) is 0 Å². The molecule has 4 bridgehead atoms. The van der Waals surface area contributed by atoms with Gasteiger partial charge in [0.1, 0.15) is 0 Å². The van der Waals surface area contributed by atoms with Gasteiger partial charge < -0.3 is 16.0 Å². The van der Waals surface area contributed by atoms with E-state index in [9.17, 15) is 0 Å². The maximum Gasteiger partial charge on any atom is 0.0514 e. The first-order valence-corrected chi connectivity index (χ1v) is 10.7. The van der Waals surface area contributed by atoms with Crippen molar-refractivity contribution in [2.24, 2.45) is 15.0 Å². The molecule has 0 aromatic heterocycles. The Bertz CT molecular complexity index is 809. The highest BCUT2D eigenvalue weighted by molar-refractivity contribution is 5.84. The van der Waals surface area contributed by atoms with Gasteiger partial charge in [0.05, 0.1) is 19.6 Å². The third-order valence-corrected chi connectivity index (χ3v) is 4.70. The maximum atomic E-state index is 4.49. The molecule has 158 valence electrons. The van der Waals surface area contributed by atoms with Gasteiger partial charge in [-0.1, -0.05) is 48.5 Å². The summed E-state index contributed by atoms with van der Waals surface area (Å²) in [5.41, 5.74) is 4.64. The van der Waals surface area contributed by atoms with Gasteiger partial charge in [-0.3, -0.25) is 15.0 Å². The first kappa shape index (κ1) is 22.0. The SMILES string of the molecule is C1=NCCNCCN=Cc2ccc(cc2)CNCCNCCN=Cc2ccc1cc2. The summed E-state index contributed by atoms with van der Waals surface area (Å²) in [6, 6.07) is 16.9. The van der Waals surface area contributed by atoms with Gasteiger partial charge in [0, 0.05) is 57.9 Å². The molecule has 0 spiro atoms. The van der Waals surface area contributed by atoms with Crippen molar-refractivity contribution in [3.05, 3.63) is 70.8 Å². The molecule has 6 heteroatoms. The van der Waals surface area contributed by atoms with Gasteiger partial charge in [-0.05, 0) is 22.3 Å². The zero-order valence-electron chi connectivity index (χ0n) is 17.6. The van der Waals surface area contributed by atoms with Crippen molar-refractivity contribution in [1.29, 1.82) is 0 Å². The minimum Gasteiger partial charge on any atom is -0.314 e. The number of benzene rings is 2. The summed E-state index contributed by atoms with van der Waals surface area (Å²) in [6.07, 6.45) is 5.80. The van der Waals surface area contributed by atoms with Crippen molar-refractivity contribution in [3.63, 3.8) is 0 Å². The van der Waals surface area contributed by atoms with Crippen molar-refractivity contribution < 1.29 is 0 Å². The quantitative estimate of drug-likeness (QED) is 0.628. The van der Waals surface area contributed by atoms with Crippen LogP contribution in [-0.2, 0) is 6.54 Å². The summed E-state index contributed by atoms with van der Waals surface area (Å²) in [6.45, 7) is 7.64. The zero-order valence-corrected chi connectivity index (χ0v) is 17.6. The number of hydrogen-bond donors (Lipinski definition) is 3. The molecule has 0 saturated carbocycles. The van der Waals surface area contributed by atoms with Crippen LogP contribution < -0.4 is 16.0 Å². The fourth-order valence-electron chi connectivity index (χ4n) is 2.99. The van der Waals surface area contributed by atoms with Crippen molar-refractivity contribution in [3.8, 4) is 0 Å². The fourth-order valence-corrected chi connectivity index (χ4v) is 2.99. The molecular weight excluding hydrogens is 372 g/mol. The van der Waals surface area contributed by atoms with E-state index in [2.05, 4.69) is 79.5 Å². The van der Waals surface area contributed by atoms with Crippen molar-refractivity contribution in [2.75, 3.05) is 52.4 Å². The molecule has 0 fully saturated rings. The molecule has 0 saturated heterocycles. The van der Waals surface area contributed by atoms with Gasteiger partial charge in [0.2, 0.25) is 0 Å². The molecule has 6 nitrogen and oxygen atoms in total. The molecule has 0 atom stereocenters. The summed E-state index contributed by atoms with van der Waals surface area (Å²) in [7, 11) is 0. The molecule has 2 aromatic carbocycles. The Hall–Kier alpha value is -2.67. The number of nitrogens with zero attached hydrogens (tertiary/aromatic N) is 3. The highest BCUT2D eigenvalue weighted by Crippen LogP contribution is 2.02. The third-order valence-electron chi connectivity index (χ3n) is 4.70. The lowest BCUT2D eigenvalue weighted by molar-refractivity contribution is 0.615. The first-order chi connectivity index (χ1) is 14.9. The van der Waals surface area contributed by atoms with Crippen LogP contribution in [0.15, 0.2) is 63.5 Å². The van der Waals surface area contributed by atoms with E-state index < -0.39 is 0 Å².